The minimum Gasteiger partial charge on any atom is -0.444 e. The summed E-state index contributed by atoms with van der Waals surface area (Å²) in [6, 6.07) is 0. The maximum atomic E-state index is 11.6. The molecule has 88 valence electrons. The molecule has 2 rings (SSSR count). The summed E-state index contributed by atoms with van der Waals surface area (Å²) >= 11 is 1.73. The van der Waals surface area contributed by atoms with Crippen molar-refractivity contribution in [2.45, 2.75) is 45.6 Å². The molecule has 4 heteroatoms. The van der Waals surface area contributed by atoms with Gasteiger partial charge in [-0.1, -0.05) is 0 Å². The van der Waals surface area contributed by atoms with Crippen LogP contribution in [0, 0.1) is 0 Å². The Balaban J connectivity index is 2.02. The number of carbonyl (C=O) groups excluding carboxylic acids is 1. The smallest absolute Gasteiger partial charge is 0.412 e. The molecule has 0 radical (unpaired) electrons. The molecule has 0 saturated heterocycles. The predicted octanol–water partition coefficient (Wildman–Crippen LogP) is 3.58. The third-order valence-corrected chi connectivity index (χ3v) is 3.54. The Kier molecular flexibility index (Phi) is 2.93. The Bertz CT molecular complexity index is 404. The standard InChI is InChI=1S/C12H17NO2S/c1-12(2,3)15-11(14)13-9-7-16-10-6-4-5-8(9)10/h7H,4-6H2,1-3H3,(H,13,14). The first-order valence-electron chi connectivity index (χ1n) is 5.55. The van der Waals surface area contributed by atoms with Crippen LogP contribution in [0.15, 0.2) is 5.38 Å². The summed E-state index contributed by atoms with van der Waals surface area (Å²) in [6.07, 6.45) is 3.06. The number of aryl methyl sites for hydroxylation is 1. The molecule has 0 atom stereocenters. The van der Waals surface area contributed by atoms with Crippen LogP contribution in [0.3, 0.4) is 0 Å². The van der Waals surface area contributed by atoms with E-state index >= 15 is 0 Å². The van der Waals surface area contributed by atoms with Crippen LogP contribution in [0.1, 0.15) is 37.6 Å². The van der Waals surface area contributed by atoms with Crippen molar-refractivity contribution in [2.24, 2.45) is 0 Å². The minimum absolute atomic E-state index is 0.361. The summed E-state index contributed by atoms with van der Waals surface area (Å²) in [5.41, 5.74) is 1.80. The number of rotatable bonds is 1. The highest BCUT2D eigenvalue weighted by Crippen LogP contribution is 2.34. The van der Waals surface area contributed by atoms with Gasteiger partial charge in [-0.3, -0.25) is 5.32 Å². The lowest BCUT2D eigenvalue weighted by Gasteiger charge is -2.19. The second-order valence-electron chi connectivity index (χ2n) is 5.03. The number of fused-ring (bicyclic) bond motifs is 1. The SMILES string of the molecule is CC(C)(C)OC(=O)Nc1csc2c1CCC2. The predicted molar refractivity (Wildman–Crippen MR) is 66.2 cm³/mol. The van der Waals surface area contributed by atoms with Gasteiger partial charge in [0.1, 0.15) is 5.60 Å². The Morgan fingerprint density at radius 2 is 2.19 bits per heavy atom. The largest absolute Gasteiger partial charge is 0.444 e. The highest BCUT2D eigenvalue weighted by atomic mass is 32.1. The Hall–Kier alpha value is -1.03. The normalized spacial score (nSPS) is 14.7. The van der Waals surface area contributed by atoms with E-state index in [-0.39, 0.29) is 6.09 Å². The van der Waals surface area contributed by atoms with E-state index in [1.165, 1.54) is 16.9 Å². The minimum atomic E-state index is -0.441. The topological polar surface area (TPSA) is 38.3 Å². The van der Waals surface area contributed by atoms with Crippen LogP contribution < -0.4 is 5.32 Å². The van der Waals surface area contributed by atoms with Gasteiger partial charge in [0.15, 0.2) is 0 Å². The molecule has 0 saturated carbocycles. The molecule has 0 fully saturated rings. The van der Waals surface area contributed by atoms with E-state index in [9.17, 15) is 4.79 Å². The highest BCUT2D eigenvalue weighted by molar-refractivity contribution is 7.10. The van der Waals surface area contributed by atoms with Gasteiger partial charge < -0.3 is 4.74 Å². The molecule has 16 heavy (non-hydrogen) atoms. The fourth-order valence-electron chi connectivity index (χ4n) is 1.85. The maximum absolute atomic E-state index is 11.6. The lowest BCUT2D eigenvalue weighted by Crippen LogP contribution is -2.27. The van der Waals surface area contributed by atoms with Crippen molar-refractivity contribution in [1.82, 2.24) is 0 Å². The van der Waals surface area contributed by atoms with Gasteiger partial charge in [0.2, 0.25) is 0 Å². The quantitative estimate of drug-likeness (QED) is 0.813. The molecule has 1 heterocycles. The van der Waals surface area contributed by atoms with E-state index in [0.29, 0.717) is 0 Å². The van der Waals surface area contributed by atoms with Gasteiger partial charge in [0, 0.05) is 10.3 Å². The molecule has 1 amide bonds. The van der Waals surface area contributed by atoms with Crippen LogP contribution in [-0.4, -0.2) is 11.7 Å². The number of carbonyl (C=O) groups is 1. The zero-order chi connectivity index (χ0) is 11.8. The van der Waals surface area contributed by atoms with Crippen molar-refractivity contribution in [1.29, 1.82) is 0 Å². The summed E-state index contributed by atoms with van der Waals surface area (Å²) in [7, 11) is 0. The maximum Gasteiger partial charge on any atom is 0.412 e. The van der Waals surface area contributed by atoms with E-state index in [1.807, 2.05) is 26.2 Å². The van der Waals surface area contributed by atoms with E-state index < -0.39 is 5.60 Å². The number of nitrogens with one attached hydrogen (secondary N) is 1. The Morgan fingerprint density at radius 3 is 2.88 bits per heavy atom. The van der Waals surface area contributed by atoms with Gasteiger partial charge in [-0.2, -0.15) is 0 Å². The Morgan fingerprint density at radius 1 is 1.44 bits per heavy atom. The molecule has 0 bridgehead atoms. The van der Waals surface area contributed by atoms with Gasteiger partial charge in [0.05, 0.1) is 5.69 Å². The molecule has 1 aromatic heterocycles. The molecular weight excluding hydrogens is 222 g/mol. The van der Waals surface area contributed by atoms with Gasteiger partial charge in [-0.05, 0) is 45.6 Å². The molecule has 0 spiro atoms. The molecular formula is C12H17NO2S. The number of hydrogen-bond donors (Lipinski definition) is 1. The van der Waals surface area contributed by atoms with Crippen molar-refractivity contribution in [3.8, 4) is 0 Å². The van der Waals surface area contributed by atoms with Gasteiger partial charge in [-0.25, -0.2) is 4.79 Å². The van der Waals surface area contributed by atoms with Crippen molar-refractivity contribution < 1.29 is 9.53 Å². The number of thiophene rings is 1. The van der Waals surface area contributed by atoms with Crippen LogP contribution >= 0.6 is 11.3 Å². The van der Waals surface area contributed by atoms with Crippen LogP contribution in [-0.2, 0) is 17.6 Å². The first-order chi connectivity index (χ1) is 7.46. The zero-order valence-corrected chi connectivity index (χ0v) is 10.7. The number of ether oxygens (including phenoxy) is 1. The average molecular weight is 239 g/mol. The molecule has 0 aromatic carbocycles. The second kappa shape index (κ2) is 4.09. The van der Waals surface area contributed by atoms with Crippen LogP contribution in [0.5, 0.6) is 0 Å². The fraction of sp³-hybridized carbons (Fsp3) is 0.583. The van der Waals surface area contributed by atoms with E-state index in [4.69, 9.17) is 4.74 Å². The van der Waals surface area contributed by atoms with Gasteiger partial charge >= 0.3 is 6.09 Å². The average Bonchev–Trinajstić information content (AvgIpc) is 2.66. The van der Waals surface area contributed by atoms with Crippen LogP contribution in [0.4, 0.5) is 10.5 Å². The van der Waals surface area contributed by atoms with E-state index in [2.05, 4.69) is 5.32 Å². The number of anilines is 1. The number of hydrogen-bond acceptors (Lipinski definition) is 3. The van der Waals surface area contributed by atoms with E-state index in [1.54, 1.807) is 11.3 Å². The molecule has 0 unspecified atom stereocenters. The second-order valence-corrected chi connectivity index (χ2v) is 6.00. The van der Waals surface area contributed by atoms with Crippen molar-refractivity contribution in [3.05, 3.63) is 15.8 Å². The number of amides is 1. The summed E-state index contributed by atoms with van der Waals surface area (Å²) in [5.74, 6) is 0. The molecule has 3 nitrogen and oxygen atoms in total. The summed E-state index contributed by atoms with van der Waals surface area (Å²) in [4.78, 5) is 13.0. The molecule has 1 aromatic rings. The third-order valence-electron chi connectivity index (χ3n) is 2.45. The molecule has 1 aliphatic rings. The first-order valence-corrected chi connectivity index (χ1v) is 6.43. The fourth-order valence-corrected chi connectivity index (χ4v) is 2.93. The van der Waals surface area contributed by atoms with Crippen molar-refractivity contribution in [3.63, 3.8) is 0 Å². The van der Waals surface area contributed by atoms with Gasteiger partial charge in [-0.15, -0.1) is 11.3 Å². The zero-order valence-electron chi connectivity index (χ0n) is 9.92. The van der Waals surface area contributed by atoms with Gasteiger partial charge in [0.25, 0.3) is 0 Å². The first kappa shape index (κ1) is 11.5. The molecule has 0 aliphatic heterocycles. The van der Waals surface area contributed by atoms with Crippen molar-refractivity contribution in [2.75, 3.05) is 5.32 Å². The summed E-state index contributed by atoms with van der Waals surface area (Å²) < 4.78 is 5.23. The van der Waals surface area contributed by atoms with Crippen LogP contribution in [0.2, 0.25) is 0 Å². The Labute approximate surface area is 99.8 Å². The van der Waals surface area contributed by atoms with Crippen LogP contribution in [0.25, 0.3) is 0 Å². The monoisotopic (exact) mass is 239 g/mol. The summed E-state index contributed by atoms with van der Waals surface area (Å²) in [5, 5.41) is 4.84. The van der Waals surface area contributed by atoms with Crippen molar-refractivity contribution >= 4 is 23.1 Å². The third kappa shape index (κ3) is 2.55. The van der Waals surface area contributed by atoms with E-state index in [0.717, 1.165) is 18.5 Å². The molecule has 1 N–H and O–H groups in total. The highest BCUT2D eigenvalue weighted by Gasteiger charge is 2.21. The molecule has 1 aliphatic carbocycles. The lowest BCUT2D eigenvalue weighted by atomic mass is 10.2. The summed E-state index contributed by atoms with van der Waals surface area (Å²) in [6.45, 7) is 5.60. The lowest BCUT2D eigenvalue weighted by molar-refractivity contribution is 0.0636.